The molecule has 5 nitrogen and oxygen atoms in total. The Morgan fingerprint density at radius 1 is 0.708 bits per heavy atom. The van der Waals surface area contributed by atoms with Crippen molar-refractivity contribution in [3.8, 4) is 10.8 Å². The first-order chi connectivity index (χ1) is 10.7. The van der Waals surface area contributed by atoms with Crippen molar-refractivity contribution in [2.75, 3.05) is 12.5 Å². The maximum atomic E-state index is 8.57. The van der Waals surface area contributed by atoms with Gasteiger partial charge in [0.25, 0.3) is 0 Å². The van der Waals surface area contributed by atoms with Crippen LogP contribution in [0.2, 0.25) is 0 Å². The molecule has 2 atom stereocenters. The van der Waals surface area contributed by atoms with E-state index in [1.807, 2.05) is 80.0 Å². The summed E-state index contributed by atoms with van der Waals surface area (Å²) in [6.45, 7) is 2.00. The summed E-state index contributed by atoms with van der Waals surface area (Å²) in [6, 6.07) is 19.8. The summed E-state index contributed by atoms with van der Waals surface area (Å²) in [5, 5.41) is 21.6. The smallest absolute Gasteiger partial charge is 0.114 e. The van der Waals surface area contributed by atoms with Gasteiger partial charge in [-0.05, 0) is 46.6 Å². The third-order valence-electron chi connectivity index (χ3n) is 2.59. The van der Waals surface area contributed by atoms with Gasteiger partial charge in [0, 0.05) is 0 Å². The average Bonchev–Trinajstić information content (AvgIpc) is 2.64. The SMILES string of the molecule is C=O.C[SH](C#N)c1ccccc1.C[SH](C#N)c1ccccc1.N.N. The van der Waals surface area contributed by atoms with Gasteiger partial charge in [0.15, 0.2) is 0 Å². The van der Waals surface area contributed by atoms with E-state index in [0.717, 1.165) is 9.79 Å². The van der Waals surface area contributed by atoms with Crippen molar-refractivity contribution in [3.63, 3.8) is 0 Å². The Hall–Kier alpha value is -2.29. The molecule has 0 saturated carbocycles. The molecule has 0 bridgehead atoms. The second-order valence-electron chi connectivity index (χ2n) is 3.99. The van der Waals surface area contributed by atoms with Crippen molar-refractivity contribution in [3.05, 3.63) is 60.7 Å². The van der Waals surface area contributed by atoms with Gasteiger partial charge in [0.1, 0.15) is 17.6 Å². The molecule has 0 radical (unpaired) electrons. The highest BCUT2D eigenvalue weighted by atomic mass is 32.2. The number of nitriles is 2. The number of carbonyl (C=O) groups is 1. The molecule has 2 unspecified atom stereocenters. The molecule has 2 rings (SSSR count). The number of hydrogen-bond donors (Lipinski definition) is 4. The molecule has 132 valence electrons. The van der Waals surface area contributed by atoms with Crippen molar-refractivity contribution < 1.29 is 4.79 Å². The van der Waals surface area contributed by atoms with E-state index < -0.39 is 21.8 Å². The molecule has 0 amide bonds. The molecule has 7 heteroatoms. The summed E-state index contributed by atoms with van der Waals surface area (Å²) >= 11 is 0. The number of thiol groups is 2. The van der Waals surface area contributed by atoms with Gasteiger partial charge in [-0.25, -0.2) is 0 Å². The van der Waals surface area contributed by atoms with Gasteiger partial charge in [0.05, 0.1) is 0 Å². The fourth-order valence-electron chi connectivity index (χ4n) is 1.42. The Morgan fingerprint density at radius 2 is 0.958 bits per heavy atom. The Bertz CT molecular complexity index is 556. The van der Waals surface area contributed by atoms with Gasteiger partial charge in [-0.15, -0.1) is 21.8 Å². The standard InChI is InChI=1S/2C8H9NS.CH2O.2H3N/c2*1-10(7-9)8-5-3-2-4-6-8;1-2;;/h2*2-6,10H,1H3;1H2;2*1H3. The van der Waals surface area contributed by atoms with Crippen LogP contribution in [0.25, 0.3) is 0 Å². The van der Waals surface area contributed by atoms with E-state index >= 15 is 0 Å². The predicted molar refractivity (Wildman–Crippen MR) is 108 cm³/mol. The molecule has 0 fully saturated rings. The van der Waals surface area contributed by atoms with Gasteiger partial charge in [-0.1, -0.05) is 36.4 Å². The molecule has 0 aromatic heterocycles. The zero-order valence-electron chi connectivity index (χ0n) is 14.1. The zero-order chi connectivity index (χ0) is 16.8. The van der Waals surface area contributed by atoms with Gasteiger partial charge in [-0.2, -0.15) is 10.5 Å². The quantitative estimate of drug-likeness (QED) is 0.460. The Morgan fingerprint density at radius 3 is 1.17 bits per heavy atom. The summed E-state index contributed by atoms with van der Waals surface area (Å²) in [4.78, 5) is 10.3. The summed E-state index contributed by atoms with van der Waals surface area (Å²) in [5.41, 5.74) is 0. The van der Waals surface area contributed by atoms with Crippen molar-refractivity contribution in [1.29, 1.82) is 10.5 Å². The van der Waals surface area contributed by atoms with Crippen LogP contribution in [0.1, 0.15) is 0 Å². The number of nitrogens with zero attached hydrogens (tertiary/aromatic N) is 2. The lowest BCUT2D eigenvalue weighted by molar-refractivity contribution is -0.0979. The topological polar surface area (TPSA) is 135 Å². The van der Waals surface area contributed by atoms with Gasteiger partial charge in [0.2, 0.25) is 0 Å². The lowest BCUT2D eigenvalue weighted by atomic mass is 10.4. The van der Waals surface area contributed by atoms with Crippen LogP contribution in [0.15, 0.2) is 70.5 Å². The van der Waals surface area contributed by atoms with Crippen LogP contribution in [0, 0.1) is 21.3 Å². The maximum absolute atomic E-state index is 8.57. The van der Waals surface area contributed by atoms with Crippen LogP contribution < -0.4 is 12.3 Å². The van der Waals surface area contributed by atoms with E-state index in [1.165, 1.54) is 0 Å². The fourth-order valence-corrected chi connectivity index (χ4v) is 2.89. The highest BCUT2D eigenvalue weighted by Crippen LogP contribution is 2.30. The van der Waals surface area contributed by atoms with E-state index in [4.69, 9.17) is 15.3 Å². The van der Waals surface area contributed by atoms with Crippen LogP contribution in [-0.4, -0.2) is 19.3 Å². The van der Waals surface area contributed by atoms with Gasteiger partial charge >= 0.3 is 0 Å². The molecule has 6 N–H and O–H groups in total. The molecule has 0 aliphatic carbocycles. The molecule has 0 saturated heterocycles. The molecule has 24 heavy (non-hydrogen) atoms. The molecule has 2 aromatic carbocycles. The maximum Gasteiger partial charge on any atom is 0.114 e. The Balaban J connectivity index is -0.000000310. The van der Waals surface area contributed by atoms with E-state index in [0.29, 0.717) is 0 Å². The van der Waals surface area contributed by atoms with E-state index in [2.05, 4.69) is 10.8 Å². The minimum atomic E-state index is -0.568. The third-order valence-corrected chi connectivity index (χ3v) is 5.33. The van der Waals surface area contributed by atoms with Gasteiger partial charge < -0.3 is 17.1 Å². The molecule has 0 heterocycles. The Kier molecular flexibility index (Phi) is 18.9. The summed E-state index contributed by atoms with van der Waals surface area (Å²) in [7, 11) is -1.14. The van der Waals surface area contributed by atoms with Gasteiger partial charge in [-0.3, -0.25) is 0 Å². The predicted octanol–water partition coefficient (Wildman–Crippen LogP) is 4.45. The first-order valence-electron chi connectivity index (χ1n) is 6.35. The number of thiocyanates is 2. The van der Waals surface area contributed by atoms with Crippen LogP contribution in [0.3, 0.4) is 0 Å². The first kappa shape index (κ1) is 26.6. The van der Waals surface area contributed by atoms with Crippen LogP contribution in [-0.2, 0) is 4.79 Å². The van der Waals surface area contributed by atoms with Crippen molar-refractivity contribution in [2.45, 2.75) is 9.79 Å². The lowest BCUT2D eigenvalue weighted by Gasteiger charge is -2.03. The van der Waals surface area contributed by atoms with E-state index in [-0.39, 0.29) is 12.3 Å². The third kappa shape index (κ3) is 10.4. The minimum Gasteiger partial charge on any atom is -0.344 e. The number of hydrogen-bond acceptors (Lipinski definition) is 5. The molecular weight excluding hydrogens is 340 g/mol. The van der Waals surface area contributed by atoms with Crippen LogP contribution in [0.4, 0.5) is 0 Å². The summed E-state index contributed by atoms with van der Waals surface area (Å²) in [6.07, 6.45) is 3.93. The molecular formula is C17H26N4OS2. The first-order valence-corrected chi connectivity index (χ1v) is 9.92. The Labute approximate surface area is 150 Å². The monoisotopic (exact) mass is 366 g/mol. The second-order valence-corrected chi connectivity index (χ2v) is 7.66. The minimum absolute atomic E-state index is 0. The number of carbonyl (C=O) groups excluding carboxylic acids is 1. The number of benzene rings is 2. The molecule has 2 aromatic rings. The average molecular weight is 367 g/mol. The second kappa shape index (κ2) is 17.1. The fraction of sp³-hybridized carbons (Fsp3) is 0.118. The molecule has 0 aliphatic heterocycles. The van der Waals surface area contributed by atoms with E-state index in [9.17, 15) is 0 Å². The van der Waals surface area contributed by atoms with Crippen LogP contribution in [0.5, 0.6) is 0 Å². The highest BCUT2D eigenvalue weighted by Gasteiger charge is 1.95. The largest absolute Gasteiger partial charge is 0.344 e. The lowest BCUT2D eigenvalue weighted by Crippen LogP contribution is -1.73. The van der Waals surface area contributed by atoms with E-state index in [1.54, 1.807) is 0 Å². The molecule has 0 spiro atoms. The number of rotatable bonds is 2. The summed E-state index contributed by atoms with van der Waals surface area (Å²) in [5.74, 6) is 0. The van der Waals surface area contributed by atoms with Crippen molar-refractivity contribution >= 4 is 28.6 Å². The summed E-state index contributed by atoms with van der Waals surface area (Å²) < 4.78 is 0. The normalized spacial score (nSPS) is 11.7. The highest BCUT2D eigenvalue weighted by molar-refractivity contribution is 8.20. The van der Waals surface area contributed by atoms with Crippen molar-refractivity contribution in [1.82, 2.24) is 12.3 Å². The zero-order valence-corrected chi connectivity index (χ0v) is 15.9. The van der Waals surface area contributed by atoms with Crippen molar-refractivity contribution in [2.24, 2.45) is 0 Å². The molecule has 0 aliphatic rings. The van der Waals surface area contributed by atoms with Crippen LogP contribution >= 0.6 is 21.8 Å².